The third-order valence-corrected chi connectivity index (χ3v) is 5.61. The molecule has 4 aromatic rings. The van der Waals surface area contributed by atoms with Gasteiger partial charge in [-0.15, -0.1) is 5.10 Å². The highest BCUT2D eigenvalue weighted by Gasteiger charge is 2.34. The number of fused-ring (bicyclic) bond motifs is 1. The zero-order valence-electron chi connectivity index (χ0n) is 15.7. The number of halogens is 1. The van der Waals surface area contributed by atoms with Crippen LogP contribution in [0.3, 0.4) is 0 Å². The number of nitrogens with zero attached hydrogens (tertiary/aromatic N) is 3. The van der Waals surface area contributed by atoms with Crippen molar-refractivity contribution in [3.63, 3.8) is 0 Å². The fraction of sp³-hybridized carbons (Fsp3) is 0.143. The lowest BCUT2D eigenvalue weighted by molar-refractivity contribution is 0.0844. The van der Waals surface area contributed by atoms with Gasteiger partial charge in [0.15, 0.2) is 5.69 Å². The van der Waals surface area contributed by atoms with Gasteiger partial charge >= 0.3 is 0 Å². The highest BCUT2D eigenvalue weighted by Crippen LogP contribution is 2.42. The van der Waals surface area contributed by atoms with E-state index in [1.165, 1.54) is 0 Å². The summed E-state index contributed by atoms with van der Waals surface area (Å²) in [7, 11) is 0. The van der Waals surface area contributed by atoms with Gasteiger partial charge in [0.2, 0.25) is 0 Å². The van der Waals surface area contributed by atoms with Gasteiger partial charge < -0.3 is 4.98 Å². The third kappa shape index (κ3) is 3.37. The van der Waals surface area contributed by atoms with E-state index in [1.807, 2.05) is 48.5 Å². The standard InChI is InChI=1S/C21H17BrN6O2/c22-13-7-9-14(10-8-13)28-19(12-5-6-12)18(24-27-28)21(30)26-25-20(29)16-11-23-17-4-2-1-3-15(16)17/h1-4,7-12,23H,5-6H2,(H,25,29)(H,26,30). The van der Waals surface area contributed by atoms with Crippen molar-refractivity contribution in [1.82, 2.24) is 30.8 Å². The monoisotopic (exact) mass is 464 g/mol. The number of hydrogen-bond donors (Lipinski definition) is 3. The summed E-state index contributed by atoms with van der Waals surface area (Å²) in [6.07, 6.45) is 3.57. The Morgan fingerprint density at radius 3 is 2.53 bits per heavy atom. The third-order valence-electron chi connectivity index (χ3n) is 5.08. The molecule has 0 spiro atoms. The number of hydrazine groups is 1. The van der Waals surface area contributed by atoms with Gasteiger partial charge in [-0.2, -0.15) is 0 Å². The number of benzene rings is 2. The lowest BCUT2D eigenvalue weighted by Crippen LogP contribution is -2.42. The summed E-state index contributed by atoms with van der Waals surface area (Å²) in [5.41, 5.74) is 8.06. The molecule has 2 aromatic carbocycles. The Hall–Kier alpha value is -3.46. The van der Waals surface area contributed by atoms with Gasteiger partial charge in [0, 0.05) is 27.5 Å². The van der Waals surface area contributed by atoms with E-state index < -0.39 is 11.8 Å². The number of amides is 2. The van der Waals surface area contributed by atoms with E-state index in [-0.39, 0.29) is 11.6 Å². The number of carbonyl (C=O) groups excluding carboxylic acids is 2. The minimum Gasteiger partial charge on any atom is -0.360 e. The summed E-state index contributed by atoms with van der Waals surface area (Å²) >= 11 is 3.42. The molecule has 30 heavy (non-hydrogen) atoms. The second-order valence-electron chi connectivity index (χ2n) is 7.14. The first-order valence-electron chi connectivity index (χ1n) is 9.50. The molecule has 1 aliphatic rings. The molecule has 2 amide bonds. The van der Waals surface area contributed by atoms with Crippen LogP contribution in [-0.2, 0) is 0 Å². The molecule has 0 bridgehead atoms. The summed E-state index contributed by atoms with van der Waals surface area (Å²) in [4.78, 5) is 28.4. The van der Waals surface area contributed by atoms with E-state index in [1.54, 1.807) is 10.9 Å². The molecule has 0 unspecified atom stereocenters. The number of para-hydroxylation sites is 1. The van der Waals surface area contributed by atoms with Crippen LogP contribution >= 0.6 is 15.9 Å². The molecule has 9 heteroatoms. The molecule has 1 saturated carbocycles. The average Bonchev–Trinajstić information content (AvgIpc) is 3.35. The minimum absolute atomic E-state index is 0.222. The molecule has 0 saturated heterocycles. The number of rotatable bonds is 4. The zero-order chi connectivity index (χ0) is 20.7. The summed E-state index contributed by atoms with van der Waals surface area (Å²) in [5.74, 6) is -0.670. The number of H-pyrrole nitrogens is 1. The molecule has 8 nitrogen and oxygen atoms in total. The maximum atomic E-state index is 12.8. The van der Waals surface area contributed by atoms with Gasteiger partial charge in [0.25, 0.3) is 11.8 Å². The Kier molecular flexibility index (Phi) is 4.59. The van der Waals surface area contributed by atoms with Crippen molar-refractivity contribution < 1.29 is 9.59 Å². The van der Waals surface area contributed by atoms with Gasteiger partial charge in [-0.1, -0.05) is 39.3 Å². The molecule has 2 heterocycles. The van der Waals surface area contributed by atoms with Crippen LogP contribution in [0.1, 0.15) is 45.3 Å². The molecule has 0 aliphatic heterocycles. The van der Waals surface area contributed by atoms with Gasteiger partial charge in [0.05, 0.1) is 16.9 Å². The van der Waals surface area contributed by atoms with Crippen LogP contribution < -0.4 is 10.9 Å². The van der Waals surface area contributed by atoms with Crippen molar-refractivity contribution in [2.45, 2.75) is 18.8 Å². The maximum absolute atomic E-state index is 12.8. The lowest BCUT2D eigenvalue weighted by atomic mass is 10.2. The smallest absolute Gasteiger partial charge is 0.292 e. The molecular weight excluding hydrogens is 448 g/mol. The number of aromatic amines is 1. The van der Waals surface area contributed by atoms with Crippen LogP contribution in [-0.4, -0.2) is 31.8 Å². The molecule has 150 valence electrons. The highest BCUT2D eigenvalue weighted by atomic mass is 79.9. The summed E-state index contributed by atoms with van der Waals surface area (Å²) in [5, 5.41) is 9.07. The van der Waals surface area contributed by atoms with Crippen molar-refractivity contribution in [1.29, 1.82) is 0 Å². The Morgan fingerprint density at radius 1 is 1.03 bits per heavy atom. The predicted molar refractivity (Wildman–Crippen MR) is 114 cm³/mol. The van der Waals surface area contributed by atoms with E-state index in [4.69, 9.17) is 0 Å². The average molecular weight is 465 g/mol. The molecular formula is C21H17BrN6O2. The Morgan fingerprint density at radius 2 is 1.77 bits per heavy atom. The predicted octanol–water partition coefficient (Wildman–Crippen LogP) is 3.46. The van der Waals surface area contributed by atoms with E-state index in [2.05, 4.69) is 42.1 Å². The number of aromatic nitrogens is 4. The maximum Gasteiger partial charge on any atom is 0.292 e. The molecule has 1 aliphatic carbocycles. The van der Waals surface area contributed by atoms with Gasteiger partial charge in [0.1, 0.15) is 0 Å². The first-order valence-corrected chi connectivity index (χ1v) is 10.3. The fourth-order valence-corrected chi connectivity index (χ4v) is 3.71. The van der Waals surface area contributed by atoms with Crippen LogP contribution in [0.2, 0.25) is 0 Å². The molecule has 0 atom stereocenters. The van der Waals surface area contributed by atoms with Crippen LogP contribution in [0.4, 0.5) is 0 Å². The van der Waals surface area contributed by atoms with E-state index in [9.17, 15) is 9.59 Å². The Balaban J connectivity index is 1.36. The van der Waals surface area contributed by atoms with Crippen molar-refractivity contribution in [2.24, 2.45) is 0 Å². The number of nitrogens with one attached hydrogen (secondary N) is 3. The first-order chi connectivity index (χ1) is 14.6. The van der Waals surface area contributed by atoms with Crippen LogP contribution in [0, 0.1) is 0 Å². The van der Waals surface area contributed by atoms with Crippen molar-refractivity contribution >= 4 is 38.6 Å². The summed E-state index contributed by atoms with van der Waals surface area (Å²) in [6, 6.07) is 15.1. The van der Waals surface area contributed by atoms with Gasteiger partial charge in [-0.25, -0.2) is 4.68 Å². The molecule has 5 rings (SSSR count). The van der Waals surface area contributed by atoms with E-state index in [0.717, 1.165) is 39.6 Å². The van der Waals surface area contributed by atoms with Crippen molar-refractivity contribution in [3.8, 4) is 5.69 Å². The summed E-state index contributed by atoms with van der Waals surface area (Å²) < 4.78 is 2.65. The topological polar surface area (TPSA) is 105 Å². The second kappa shape index (κ2) is 7.42. The Bertz CT molecular complexity index is 1260. The van der Waals surface area contributed by atoms with Gasteiger partial charge in [-0.3, -0.25) is 20.4 Å². The van der Waals surface area contributed by atoms with Crippen molar-refractivity contribution in [3.05, 3.63) is 76.2 Å². The normalized spacial score (nSPS) is 13.4. The summed E-state index contributed by atoms with van der Waals surface area (Å²) in [6.45, 7) is 0. The molecule has 2 aromatic heterocycles. The van der Waals surface area contributed by atoms with Crippen molar-refractivity contribution in [2.75, 3.05) is 0 Å². The van der Waals surface area contributed by atoms with Crippen LogP contribution in [0.5, 0.6) is 0 Å². The molecule has 0 radical (unpaired) electrons. The lowest BCUT2D eigenvalue weighted by Gasteiger charge is -2.08. The number of carbonyl (C=O) groups is 2. The molecule has 1 fully saturated rings. The van der Waals surface area contributed by atoms with Crippen LogP contribution in [0.25, 0.3) is 16.6 Å². The largest absolute Gasteiger partial charge is 0.360 e. The van der Waals surface area contributed by atoms with E-state index in [0.29, 0.717) is 5.56 Å². The minimum atomic E-state index is -0.492. The van der Waals surface area contributed by atoms with Crippen LogP contribution in [0.15, 0.2) is 59.2 Å². The molecule has 3 N–H and O–H groups in total. The fourth-order valence-electron chi connectivity index (χ4n) is 3.45. The highest BCUT2D eigenvalue weighted by molar-refractivity contribution is 9.10. The van der Waals surface area contributed by atoms with Gasteiger partial charge in [-0.05, 0) is 43.2 Å². The first kappa shape index (κ1) is 18.6. The SMILES string of the molecule is O=C(NNC(=O)c1c[nH]c2ccccc12)c1nnn(-c2ccc(Br)cc2)c1C1CC1. The second-order valence-corrected chi connectivity index (χ2v) is 8.06. The number of hydrogen-bond acceptors (Lipinski definition) is 4. The zero-order valence-corrected chi connectivity index (χ0v) is 17.3. The van der Waals surface area contributed by atoms with E-state index >= 15 is 0 Å². The Labute approximate surface area is 179 Å². The quantitative estimate of drug-likeness (QED) is 0.402.